The third kappa shape index (κ3) is 5.40. The van der Waals surface area contributed by atoms with E-state index < -0.39 is 0 Å². The second-order valence-electron chi connectivity index (χ2n) is 8.89. The van der Waals surface area contributed by atoms with Crippen LogP contribution in [0.25, 0.3) is 5.57 Å². The van der Waals surface area contributed by atoms with Gasteiger partial charge in [-0.1, -0.05) is 72.8 Å². The van der Waals surface area contributed by atoms with Crippen molar-refractivity contribution < 1.29 is 4.79 Å². The number of amides is 1. The van der Waals surface area contributed by atoms with Gasteiger partial charge in [0, 0.05) is 7.05 Å². The molecule has 32 heavy (non-hydrogen) atoms. The molecule has 168 valence electrons. The Hall–Kier alpha value is -3.07. The summed E-state index contributed by atoms with van der Waals surface area (Å²) in [5.74, 6) is 0.704. The van der Waals surface area contributed by atoms with Crippen molar-refractivity contribution in [2.75, 3.05) is 7.05 Å². The van der Waals surface area contributed by atoms with Crippen LogP contribution in [-0.2, 0) is 11.2 Å². The Kier molecular flexibility index (Phi) is 7.74. The first-order valence-corrected chi connectivity index (χ1v) is 11.5. The van der Waals surface area contributed by atoms with Crippen molar-refractivity contribution >= 4 is 11.5 Å². The SMILES string of the molecule is C=C1NC(/C(C)=C/C(=C\C)c2cccc(C)c2)C(CCCc2ccccc2C)C(=O)N1C. The Balaban J connectivity index is 1.81. The minimum absolute atomic E-state index is 0.0529. The molecule has 0 saturated carbocycles. The van der Waals surface area contributed by atoms with Crippen molar-refractivity contribution in [1.82, 2.24) is 10.2 Å². The summed E-state index contributed by atoms with van der Waals surface area (Å²) in [6.07, 6.45) is 7.15. The Morgan fingerprint density at radius 3 is 2.59 bits per heavy atom. The molecular formula is C29H36N2O. The highest BCUT2D eigenvalue weighted by Crippen LogP contribution is 2.29. The van der Waals surface area contributed by atoms with Gasteiger partial charge in [-0.3, -0.25) is 4.79 Å². The molecule has 0 spiro atoms. The van der Waals surface area contributed by atoms with Gasteiger partial charge in [-0.25, -0.2) is 0 Å². The molecular weight excluding hydrogens is 392 g/mol. The number of allylic oxidation sites excluding steroid dienone is 3. The lowest BCUT2D eigenvalue weighted by Crippen LogP contribution is -2.54. The molecule has 0 aliphatic carbocycles. The van der Waals surface area contributed by atoms with Gasteiger partial charge in [-0.2, -0.15) is 0 Å². The van der Waals surface area contributed by atoms with Crippen molar-refractivity contribution in [3.05, 3.63) is 101 Å². The van der Waals surface area contributed by atoms with Crippen LogP contribution in [0.3, 0.4) is 0 Å². The molecule has 1 amide bonds. The van der Waals surface area contributed by atoms with Crippen LogP contribution in [0.15, 0.2) is 78.7 Å². The summed E-state index contributed by atoms with van der Waals surface area (Å²) in [6.45, 7) is 12.5. The summed E-state index contributed by atoms with van der Waals surface area (Å²) in [7, 11) is 1.81. The van der Waals surface area contributed by atoms with Crippen molar-refractivity contribution in [1.29, 1.82) is 0 Å². The zero-order valence-corrected chi connectivity index (χ0v) is 20.1. The molecule has 1 aliphatic heterocycles. The molecule has 2 aromatic rings. The average Bonchev–Trinajstić information content (AvgIpc) is 2.78. The summed E-state index contributed by atoms with van der Waals surface area (Å²) in [5, 5.41) is 3.51. The first kappa shape index (κ1) is 23.6. The fraction of sp³-hybridized carbons (Fsp3) is 0.345. The lowest BCUT2D eigenvalue weighted by atomic mass is 9.84. The molecule has 2 atom stereocenters. The van der Waals surface area contributed by atoms with E-state index in [4.69, 9.17) is 0 Å². The van der Waals surface area contributed by atoms with E-state index in [1.54, 1.807) is 4.90 Å². The van der Waals surface area contributed by atoms with E-state index in [0.29, 0.717) is 5.82 Å². The predicted octanol–water partition coefficient (Wildman–Crippen LogP) is 6.19. The van der Waals surface area contributed by atoms with Crippen LogP contribution in [0.5, 0.6) is 0 Å². The van der Waals surface area contributed by atoms with Gasteiger partial charge in [0.25, 0.3) is 0 Å². The highest BCUT2D eigenvalue weighted by Gasteiger charge is 2.37. The standard InChI is InChI=1S/C29H36N2O/c1-7-24(26-16-10-12-20(2)18-26)19-22(4)28-27(29(32)31(6)23(5)30-28)17-11-15-25-14-9-8-13-21(25)3/h7-10,12-14,16,18-19,27-28,30H,5,11,15,17H2,1-4,6H3/b22-19+,24-7+. The van der Waals surface area contributed by atoms with Crippen LogP contribution in [0, 0.1) is 19.8 Å². The van der Waals surface area contributed by atoms with Crippen molar-refractivity contribution in [2.24, 2.45) is 5.92 Å². The quantitative estimate of drug-likeness (QED) is 0.533. The first-order valence-electron chi connectivity index (χ1n) is 11.5. The average molecular weight is 429 g/mol. The van der Waals surface area contributed by atoms with Gasteiger partial charge in [0.2, 0.25) is 5.91 Å². The van der Waals surface area contributed by atoms with Gasteiger partial charge < -0.3 is 10.2 Å². The van der Waals surface area contributed by atoms with Gasteiger partial charge in [0.05, 0.1) is 12.0 Å². The number of aryl methyl sites for hydroxylation is 3. The predicted molar refractivity (Wildman–Crippen MR) is 135 cm³/mol. The number of rotatable bonds is 7. The lowest BCUT2D eigenvalue weighted by molar-refractivity contribution is -0.135. The minimum atomic E-state index is -0.110. The summed E-state index contributed by atoms with van der Waals surface area (Å²) in [5.41, 5.74) is 7.44. The Labute approximate surface area is 193 Å². The van der Waals surface area contributed by atoms with Gasteiger partial charge in [-0.15, -0.1) is 0 Å². The molecule has 3 nitrogen and oxygen atoms in total. The largest absolute Gasteiger partial charge is 0.365 e. The molecule has 1 saturated heterocycles. The zero-order valence-electron chi connectivity index (χ0n) is 20.1. The Bertz CT molecular complexity index is 1050. The van der Waals surface area contributed by atoms with E-state index in [1.165, 1.54) is 27.8 Å². The van der Waals surface area contributed by atoms with Gasteiger partial charge >= 0.3 is 0 Å². The molecule has 3 rings (SSSR count). The summed E-state index contributed by atoms with van der Waals surface area (Å²) >= 11 is 0. The highest BCUT2D eigenvalue weighted by molar-refractivity contribution is 5.83. The third-order valence-corrected chi connectivity index (χ3v) is 6.54. The maximum Gasteiger partial charge on any atom is 0.233 e. The van der Waals surface area contributed by atoms with Gasteiger partial charge in [0.15, 0.2) is 0 Å². The molecule has 1 heterocycles. The maximum atomic E-state index is 13.2. The second kappa shape index (κ2) is 10.5. The van der Waals surface area contributed by atoms with E-state index in [0.717, 1.165) is 24.8 Å². The molecule has 1 fully saturated rings. The monoisotopic (exact) mass is 428 g/mol. The van der Waals surface area contributed by atoms with Crippen LogP contribution in [0.4, 0.5) is 0 Å². The van der Waals surface area contributed by atoms with E-state index in [9.17, 15) is 4.79 Å². The lowest BCUT2D eigenvalue weighted by Gasteiger charge is -2.39. The van der Waals surface area contributed by atoms with Crippen molar-refractivity contribution in [3.63, 3.8) is 0 Å². The zero-order chi connectivity index (χ0) is 23.3. The van der Waals surface area contributed by atoms with Crippen molar-refractivity contribution in [2.45, 2.75) is 53.0 Å². The normalized spacial score (nSPS) is 19.8. The number of benzene rings is 2. The second-order valence-corrected chi connectivity index (χ2v) is 8.89. The van der Waals surface area contributed by atoms with E-state index in [-0.39, 0.29) is 17.9 Å². The molecule has 0 bridgehead atoms. The highest BCUT2D eigenvalue weighted by atomic mass is 16.2. The van der Waals surface area contributed by atoms with Crippen LogP contribution >= 0.6 is 0 Å². The summed E-state index contributed by atoms with van der Waals surface area (Å²) in [4.78, 5) is 14.9. The first-order chi connectivity index (χ1) is 15.3. The molecule has 0 radical (unpaired) electrons. The topological polar surface area (TPSA) is 32.3 Å². The summed E-state index contributed by atoms with van der Waals surface area (Å²) in [6, 6.07) is 17.0. The van der Waals surface area contributed by atoms with Crippen LogP contribution in [0.1, 0.15) is 48.9 Å². The van der Waals surface area contributed by atoms with E-state index >= 15 is 0 Å². The fourth-order valence-electron chi connectivity index (χ4n) is 4.52. The fourth-order valence-corrected chi connectivity index (χ4v) is 4.52. The molecule has 0 aromatic heterocycles. The Morgan fingerprint density at radius 2 is 1.91 bits per heavy atom. The summed E-state index contributed by atoms with van der Waals surface area (Å²) < 4.78 is 0. The van der Waals surface area contributed by atoms with Crippen LogP contribution < -0.4 is 5.32 Å². The number of hydrogen-bond acceptors (Lipinski definition) is 2. The van der Waals surface area contributed by atoms with Crippen molar-refractivity contribution in [3.8, 4) is 0 Å². The van der Waals surface area contributed by atoms with Crippen LogP contribution in [-0.4, -0.2) is 23.9 Å². The number of carbonyl (C=O) groups excluding carboxylic acids is 1. The van der Waals surface area contributed by atoms with E-state index in [2.05, 4.69) is 100 Å². The smallest absolute Gasteiger partial charge is 0.233 e. The number of nitrogens with zero attached hydrogens (tertiary/aromatic N) is 1. The molecule has 1 aliphatic rings. The maximum absolute atomic E-state index is 13.2. The third-order valence-electron chi connectivity index (χ3n) is 6.54. The number of nitrogens with one attached hydrogen (secondary N) is 1. The van der Waals surface area contributed by atoms with Crippen LogP contribution in [0.2, 0.25) is 0 Å². The molecule has 3 heteroatoms. The molecule has 1 N–H and O–H groups in total. The molecule has 2 aromatic carbocycles. The van der Waals surface area contributed by atoms with E-state index in [1.807, 2.05) is 7.05 Å². The number of hydrogen-bond donors (Lipinski definition) is 1. The minimum Gasteiger partial charge on any atom is -0.365 e. The Morgan fingerprint density at radius 1 is 1.16 bits per heavy atom. The van der Waals surface area contributed by atoms with Gasteiger partial charge in [0.1, 0.15) is 5.82 Å². The van der Waals surface area contributed by atoms with Gasteiger partial charge in [-0.05, 0) is 74.8 Å². The number of carbonyl (C=O) groups is 1. The molecule has 2 unspecified atom stereocenters.